The lowest BCUT2D eigenvalue weighted by Crippen LogP contribution is -2.41. The summed E-state index contributed by atoms with van der Waals surface area (Å²) < 4.78 is 0. The lowest BCUT2D eigenvalue weighted by Gasteiger charge is -2.32. The molecule has 1 aliphatic rings. The van der Waals surface area contributed by atoms with Gasteiger partial charge in [0, 0.05) is 37.6 Å². The Kier molecular flexibility index (Phi) is 5.25. The van der Waals surface area contributed by atoms with Crippen molar-refractivity contribution in [2.75, 3.05) is 19.6 Å². The van der Waals surface area contributed by atoms with Gasteiger partial charge in [0.2, 0.25) is 0 Å². The van der Waals surface area contributed by atoms with Crippen LogP contribution in [0.5, 0.6) is 0 Å². The summed E-state index contributed by atoms with van der Waals surface area (Å²) in [6.45, 7) is 4.13. The number of pyridine rings is 1. The molecule has 0 radical (unpaired) electrons. The molecule has 126 valence electrons. The Morgan fingerprint density at radius 3 is 2.62 bits per heavy atom. The smallest absolute Gasteiger partial charge is 0.261 e. The number of carbonyl (C=O) groups excluding carboxylic acids is 2. The van der Waals surface area contributed by atoms with Gasteiger partial charge in [-0.15, -0.1) is 11.3 Å². The predicted molar refractivity (Wildman–Crippen MR) is 94.3 cm³/mol. The minimum absolute atomic E-state index is 0.00314. The first kappa shape index (κ1) is 16.6. The van der Waals surface area contributed by atoms with Crippen molar-refractivity contribution >= 4 is 23.2 Å². The fourth-order valence-corrected chi connectivity index (χ4v) is 3.71. The van der Waals surface area contributed by atoms with E-state index in [4.69, 9.17) is 0 Å². The molecule has 0 aromatic carbocycles. The van der Waals surface area contributed by atoms with E-state index >= 15 is 0 Å². The first-order chi connectivity index (χ1) is 11.6. The number of likely N-dealkylation sites (tertiary alicyclic amines) is 1. The summed E-state index contributed by atoms with van der Waals surface area (Å²) in [6, 6.07) is 5.41. The number of amides is 2. The van der Waals surface area contributed by atoms with Crippen LogP contribution in [0.1, 0.15) is 38.4 Å². The molecule has 6 heteroatoms. The van der Waals surface area contributed by atoms with Crippen LogP contribution < -0.4 is 5.32 Å². The molecular formula is C18H21N3O2S. The van der Waals surface area contributed by atoms with Crippen molar-refractivity contribution < 1.29 is 9.59 Å². The summed E-state index contributed by atoms with van der Waals surface area (Å²) in [5.74, 6) is 0.494. The van der Waals surface area contributed by atoms with Gasteiger partial charge in [0.15, 0.2) is 0 Å². The molecule has 0 unspecified atom stereocenters. The molecule has 0 spiro atoms. The highest BCUT2D eigenvalue weighted by molar-refractivity contribution is 7.12. The Morgan fingerprint density at radius 2 is 2.00 bits per heavy atom. The van der Waals surface area contributed by atoms with E-state index < -0.39 is 0 Å². The highest BCUT2D eigenvalue weighted by Crippen LogP contribution is 2.19. The predicted octanol–water partition coefficient (Wildman–Crippen LogP) is 2.73. The average Bonchev–Trinajstić information content (AvgIpc) is 3.07. The van der Waals surface area contributed by atoms with E-state index in [-0.39, 0.29) is 11.8 Å². The van der Waals surface area contributed by atoms with Crippen LogP contribution in [0.25, 0.3) is 0 Å². The third-order valence-corrected chi connectivity index (χ3v) is 5.38. The molecule has 3 rings (SSSR count). The van der Waals surface area contributed by atoms with Crippen molar-refractivity contribution in [3.8, 4) is 0 Å². The SMILES string of the molecule is Cc1csc(C(=O)NCC2CCN(C(=O)c3ccncc3)CC2)c1. The van der Waals surface area contributed by atoms with Gasteiger partial charge < -0.3 is 10.2 Å². The first-order valence-electron chi connectivity index (χ1n) is 8.16. The van der Waals surface area contributed by atoms with Gasteiger partial charge in [-0.3, -0.25) is 14.6 Å². The highest BCUT2D eigenvalue weighted by Gasteiger charge is 2.24. The van der Waals surface area contributed by atoms with E-state index in [1.54, 1.807) is 24.5 Å². The van der Waals surface area contributed by atoms with Crippen LogP contribution in [-0.2, 0) is 0 Å². The molecule has 0 aliphatic carbocycles. The van der Waals surface area contributed by atoms with Gasteiger partial charge in [0.1, 0.15) is 0 Å². The number of carbonyl (C=O) groups is 2. The van der Waals surface area contributed by atoms with E-state index in [2.05, 4.69) is 10.3 Å². The van der Waals surface area contributed by atoms with E-state index in [9.17, 15) is 9.59 Å². The van der Waals surface area contributed by atoms with Crippen molar-refractivity contribution in [1.29, 1.82) is 0 Å². The Balaban J connectivity index is 1.45. The van der Waals surface area contributed by atoms with Gasteiger partial charge in [-0.1, -0.05) is 0 Å². The number of hydrogen-bond donors (Lipinski definition) is 1. The van der Waals surface area contributed by atoms with Gasteiger partial charge in [-0.25, -0.2) is 0 Å². The van der Waals surface area contributed by atoms with E-state index in [1.165, 1.54) is 11.3 Å². The Morgan fingerprint density at radius 1 is 1.29 bits per heavy atom. The van der Waals surface area contributed by atoms with Gasteiger partial charge in [-0.05, 0) is 54.8 Å². The number of rotatable bonds is 4. The molecule has 1 aliphatic heterocycles. The number of aryl methyl sites for hydroxylation is 1. The molecular weight excluding hydrogens is 322 g/mol. The summed E-state index contributed by atoms with van der Waals surface area (Å²) in [6.07, 6.45) is 5.12. The molecule has 2 amide bonds. The Hall–Kier alpha value is -2.21. The normalized spacial score (nSPS) is 15.3. The molecule has 5 nitrogen and oxygen atoms in total. The third kappa shape index (κ3) is 4.00. The quantitative estimate of drug-likeness (QED) is 0.928. The second-order valence-electron chi connectivity index (χ2n) is 6.17. The van der Waals surface area contributed by atoms with Crippen LogP contribution >= 0.6 is 11.3 Å². The summed E-state index contributed by atoms with van der Waals surface area (Å²) >= 11 is 1.48. The summed E-state index contributed by atoms with van der Waals surface area (Å²) in [7, 11) is 0. The van der Waals surface area contributed by atoms with E-state index in [1.807, 2.05) is 23.3 Å². The maximum Gasteiger partial charge on any atom is 0.261 e. The number of nitrogens with one attached hydrogen (secondary N) is 1. The van der Waals surface area contributed by atoms with Crippen LogP contribution in [-0.4, -0.2) is 41.3 Å². The number of aromatic nitrogens is 1. The molecule has 1 saturated heterocycles. The second kappa shape index (κ2) is 7.57. The monoisotopic (exact) mass is 343 g/mol. The van der Waals surface area contributed by atoms with Crippen molar-refractivity contribution in [2.24, 2.45) is 5.92 Å². The molecule has 0 bridgehead atoms. The Bertz CT molecular complexity index is 706. The topological polar surface area (TPSA) is 62.3 Å². The Labute approximate surface area is 145 Å². The molecule has 1 fully saturated rings. The van der Waals surface area contributed by atoms with Crippen molar-refractivity contribution in [3.63, 3.8) is 0 Å². The summed E-state index contributed by atoms with van der Waals surface area (Å²) in [4.78, 5) is 31.1. The molecule has 0 saturated carbocycles. The lowest BCUT2D eigenvalue weighted by atomic mass is 9.96. The van der Waals surface area contributed by atoms with E-state index in [0.29, 0.717) is 18.0 Å². The van der Waals surface area contributed by atoms with Crippen LogP contribution in [0.15, 0.2) is 36.0 Å². The van der Waals surface area contributed by atoms with Crippen LogP contribution in [0.2, 0.25) is 0 Å². The molecule has 2 aromatic rings. The standard InChI is InChI=1S/C18H21N3O2S/c1-13-10-16(24-12-13)17(22)20-11-14-4-8-21(9-5-14)18(23)15-2-6-19-7-3-15/h2-3,6-7,10,12,14H,4-5,8-9,11H2,1H3,(H,20,22). The van der Waals surface area contributed by atoms with Crippen molar-refractivity contribution in [2.45, 2.75) is 19.8 Å². The van der Waals surface area contributed by atoms with E-state index in [0.717, 1.165) is 36.4 Å². The number of nitrogens with zero attached hydrogens (tertiary/aromatic N) is 2. The lowest BCUT2D eigenvalue weighted by molar-refractivity contribution is 0.0684. The second-order valence-corrected chi connectivity index (χ2v) is 7.08. The maximum atomic E-state index is 12.4. The van der Waals surface area contributed by atoms with Crippen LogP contribution in [0.4, 0.5) is 0 Å². The molecule has 24 heavy (non-hydrogen) atoms. The number of thiophene rings is 1. The fourth-order valence-electron chi connectivity index (χ4n) is 2.89. The van der Waals surface area contributed by atoms with Gasteiger partial charge >= 0.3 is 0 Å². The molecule has 2 aromatic heterocycles. The molecule has 0 atom stereocenters. The average molecular weight is 343 g/mol. The number of piperidine rings is 1. The minimum Gasteiger partial charge on any atom is -0.351 e. The molecule has 3 heterocycles. The highest BCUT2D eigenvalue weighted by atomic mass is 32.1. The van der Waals surface area contributed by atoms with Crippen molar-refractivity contribution in [3.05, 3.63) is 52.0 Å². The minimum atomic E-state index is 0.00314. The molecule has 1 N–H and O–H groups in total. The first-order valence-corrected chi connectivity index (χ1v) is 9.04. The van der Waals surface area contributed by atoms with Gasteiger partial charge in [-0.2, -0.15) is 0 Å². The largest absolute Gasteiger partial charge is 0.351 e. The summed E-state index contributed by atoms with van der Waals surface area (Å²) in [5, 5.41) is 5.00. The fraction of sp³-hybridized carbons (Fsp3) is 0.389. The maximum absolute atomic E-state index is 12.4. The zero-order chi connectivity index (χ0) is 16.9. The number of hydrogen-bond acceptors (Lipinski definition) is 4. The zero-order valence-electron chi connectivity index (χ0n) is 13.7. The van der Waals surface area contributed by atoms with Gasteiger partial charge in [0.05, 0.1) is 4.88 Å². The summed E-state index contributed by atoms with van der Waals surface area (Å²) in [5.41, 5.74) is 1.80. The van der Waals surface area contributed by atoms with Crippen molar-refractivity contribution in [1.82, 2.24) is 15.2 Å². The van der Waals surface area contributed by atoms with Crippen LogP contribution in [0.3, 0.4) is 0 Å². The van der Waals surface area contributed by atoms with Crippen LogP contribution in [0, 0.1) is 12.8 Å². The third-order valence-electron chi connectivity index (χ3n) is 4.33. The zero-order valence-corrected chi connectivity index (χ0v) is 14.5. The van der Waals surface area contributed by atoms with Gasteiger partial charge in [0.25, 0.3) is 11.8 Å².